The van der Waals surface area contributed by atoms with Crippen molar-refractivity contribution in [2.75, 3.05) is 5.32 Å². The third-order valence-electron chi connectivity index (χ3n) is 2.07. The minimum Gasteiger partial charge on any atom is -0.481 e. The highest BCUT2D eigenvalue weighted by molar-refractivity contribution is 5.83. The largest absolute Gasteiger partial charge is 0.481 e. The third kappa shape index (κ3) is 3.61. The van der Waals surface area contributed by atoms with Gasteiger partial charge >= 0.3 is 11.9 Å². The Kier molecular flexibility index (Phi) is 3.88. The summed E-state index contributed by atoms with van der Waals surface area (Å²) in [6.07, 6.45) is -0.455. The first kappa shape index (κ1) is 12.0. The van der Waals surface area contributed by atoms with Gasteiger partial charge in [-0.05, 0) is 19.1 Å². The van der Waals surface area contributed by atoms with E-state index in [9.17, 15) is 9.59 Å². The SMILES string of the molecule is Cc1ccc(N[C@H](CC(=O)O)C(=O)O)cc1. The average molecular weight is 223 g/mol. The molecule has 0 aliphatic carbocycles. The van der Waals surface area contributed by atoms with E-state index in [0.717, 1.165) is 5.56 Å². The molecule has 1 atom stereocenters. The van der Waals surface area contributed by atoms with Crippen molar-refractivity contribution in [2.24, 2.45) is 0 Å². The van der Waals surface area contributed by atoms with Crippen molar-refractivity contribution >= 4 is 17.6 Å². The molecule has 0 aromatic heterocycles. The molecule has 0 aliphatic rings. The normalized spacial score (nSPS) is 11.8. The zero-order valence-electron chi connectivity index (χ0n) is 8.80. The zero-order chi connectivity index (χ0) is 12.1. The molecule has 5 heteroatoms. The molecule has 1 rings (SSSR count). The number of carboxylic acids is 2. The van der Waals surface area contributed by atoms with Gasteiger partial charge in [-0.1, -0.05) is 17.7 Å². The first-order chi connectivity index (χ1) is 7.49. The van der Waals surface area contributed by atoms with Crippen LogP contribution in [0.15, 0.2) is 24.3 Å². The Balaban J connectivity index is 2.71. The van der Waals surface area contributed by atoms with Gasteiger partial charge in [-0.3, -0.25) is 4.79 Å². The molecule has 0 bridgehead atoms. The standard InChI is InChI=1S/C11H13NO4/c1-7-2-4-8(5-3-7)12-9(11(15)16)6-10(13)14/h2-5,9,12H,6H2,1H3,(H,13,14)(H,15,16)/t9-/m1/s1. The van der Waals surface area contributed by atoms with Gasteiger partial charge < -0.3 is 15.5 Å². The van der Waals surface area contributed by atoms with E-state index in [-0.39, 0.29) is 0 Å². The van der Waals surface area contributed by atoms with E-state index in [1.54, 1.807) is 12.1 Å². The Bertz CT molecular complexity index is 385. The fourth-order valence-corrected chi connectivity index (χ4v) is 1.23. The number of carboxylic acid groups (broad SMARTS) is 2. The number of carbonyl (C=O) groups is 2. The van der Waals surface area contributed by atoms with Crippen molar-refractivity contribution < 1.29 is 19.8 Å². The van der Waals surface area contributed by atoms with Crippen LogP contribution in [0.5, 0.6) is 0 Å². The van der Waals surface area contributed by atoms with Gasteiger partial charge in [0.2, 0.25) is 0 Å². The second-order valence-corrected chi connectivity index (χ2v) is 3.50. The van der Waals surface area contributed by atoms with Gasteiger partial charge in [0.15, 0.2) is 0 Å². The molecule has 0 aliphatic heterocycles. The fourth-order valence-electron chi connectivity index (χ4n) is 1.23. The zero-order valence-corrected chi connectivity index (χ0v) is 8.80. The van der Waals surface area contributed by atoms with E-state index in [4.69, 9.17) is 10.2 Å². The highest BCUT2D eigenvalue weighted by atomic mass is 16.4. The molecule has 0 unspecified atom stereocenters. The van der Waals surface area contributed by atoms with Crippen LogP contribution >= 0.6 is 0 Å². The first-order valence-electron chi connectivity index (χ1n) is 4.77. The third-order valence-corrected chi connectivity index (χ3v) is 2.07. The minimum absolute atomic E-state index is 0.455. The predicted molar refractivity (Wildman–Crippen MR) is 58.5 cm³/mol. The summed E-state index contributed by atoms with van der Waals surface area (Å²) in [4.78, 5) is 21.2. The lowest BCUT2D eigenvalue weighted by Gasteiger charge is -2.13. The lowest BCUT2D eigenvalue weighted by molar-refractivity contribution is -0.144. The maximum atomic E-state index is 10.8. The van der Waals surface area contributed by atoms with Crippen LogP contribution in [-0.2, 0) is 9.59 Å². The van der Waals surface area contributed by atoms with Gasteiger partial charge in [0.25, 0.3) is 0 Å². The van der Waals surface area contributed by atoms with Crippen LogP contribution in [-0.4, -0.2) is 28.2 Å². The van der Waals surface area contributed by atoms with Crippen molar-refractivity contribution in [3.05, 3.63) is 29.8 Å². The van der Waals surface area contributed by atoms with E-state index in [1.807, 2.05) is 19.1 Å². The number of benzene rings is 1. The van der Waals surface area contributed by atoms with Crippen LogP contribution in [0.4, 0.5) is 5.69 Å². The number of rotatable bonds is 5. The number of anilines is 1. The molecule has 0 radical (unpaired) electrons. The van der Waals surface area contributed by atoms with E-state index in [0.29, 0.717) is 5.69 Å². The molecule has 0 saturated heterocycles. The number of aryl methyl sites for hydroxylation is 1. The van der Waals surface area contributed by atoms with Crippen LogP contribution in [0, 0.1) is 6.92 Å². The van der Waals surface area contributed by atoms with Crippen LogP contribution in [0.1, 0.15) is 12.0 Å². The van der Waals surface area contributed by atoms with Crippen molar-refractivity contribution in [3.63, 3.8) is 0 Å². The molecule has 0 spiro atoms. The maximum Gasteiger partial charge on any atom is 0.326 e. The van der Waals surface area contributed by atoms with Crippen LogP contribution in [0.2, 0.25) is 0 Å². The highest BCUT2D eigenvalue weighted by Crippen LogP contribution is 2.11. The Morgan fingerprint density at radius 2 is 1.81 bits per heavy atom. The Hall–Kier alpha value is -2.04. The summed E-state index contributed by atoms with van der Waals surface area (Å²) >= 11 is 0. The molecule has 1 aromatic rings. The molecule has 0 fully saturated rings. The predicted octanol–water partition coefficient (Wildman–Crippen LogP) is 1.33. The van der Waals surface area contributed by atoms with E-state index in [2.05, 4.69) is 5.32 Å². The smallest absolute Gasteiger partial charge is 0.326 e. The Morgan fingerprint density at radius 3 is 2.25 bits per heavy atom. The van der Waals surface area contributed by atoms with E-state index >= 15 is 0 Å². The van der Waals surface area contributed by atoms with Gasteiger partial charge in [-0.15, -0.1) is 0 Å². The van der Waals surface area contributed by atoms with Crippen molar-refractivity contribution in [1.82, 2.24) is 0 Å². The van der Waals surface area contributed by atoms with Crippen molar-refractivity contribution in [3.8, 4) is 0 Å². The monoisotopic (exact) mass is 223 g/mol. The van der Waals surface area contributed by atoms with E-state index < -0.39 is 24.4 Å². The van der Waals surface area contributed by atoms with Gasteiger partial charge in [0.1, 0.15) is 6.04 Å². The molecular formula is C11H13NO4. The van der Waals surface area contributed by atoms with Crippen LogP contribution in [0.25, 0.3) is 0 Å². The van der Waals surface area contributed by atoms with Crippen LogP contribution < -0.4 is 5.32 Å². The topological polar surface area (TPSA) is 86.6 Å². The second-order valence-electron chi connectivity index (χ2n) is 3.50. The average Bonchev–Trinajstić information content (AvgIpc) is 2.19. The first-order valence-corrected chi connectivity index (χ1v) is 4.77. The van der Waals surface area contributed by atoms with Crippen LogP contribution in [0.3, 0.4) is 0 Å². The van der Waals surface area contributed by atoms with Gasteiger partial charge in [0, 0.05) is 5.69 Å². The summed E-state index contributed by atoms with van der Waals surface area (Å²) in [7, 11) is 0. The molecule has 1 aromatic carbocycles. The number of hydrogen-bond acceptors (Lipinski definition) is 3. The Labute approximate surface area is 92.7 Å². The molecular weight excluding hydrogens is 210 g/mol. The van der Waals surface area contributed by atoms with Gasteiger partial charge in [0.05, 0.1) is 6.42 Å². The number of nitrogens with one attached hydrogen (secondary N) is 1. The van der Waals surface area contributed by atoms with Gasteiger partial charge in [-0.2, -0.15) is 0 Å². The summed E-state index contributed by atoms with van der Waals surface area (Å²) in [5.41, 5.74) is 1.65. The molecule has 0 amide bonds. The molecule has 5 nitrogen and oxygen atoms in total. The second kappa shape index (κ2) is 5.16. The molecule has 0 saturated carbocycles. The summed E-state index contributed by atoms with van der Waals surface area (Å²) in [6.45, 7) is 1.91. The molecule has 0 heterocycles. The summed E-state index contributed by atoms with van der Waals surface area (Å²) in [5.74, 6) is -2.32. The molecule has 86 valence electrons. The summed E-state index contributed by atoms with van der Waals surface area (Å²) in [6, 6.07) is 5.96. The van der Waals surface area contributed by atoms with Gasteiger partial charge in [-0.25, -0.2) is 4.79 Å². The Morgan fingerprint density at radius 1 is 1.25 bits per heavy atom. The fraction of sp³-hybridized carbons (Fsp3) is 0.273. The summed E-state index contributed by atoms with van der Waals surface area (Å²) in [5, 5.41) is 20.0. The lowest BCUT2D eigenvalue weighted by atomic mass is 10.1. The van der Waals surface area contributed by atoms with Crippen molar-refractivity contribution in [2.45, 2.75) is 19.4 Å². The number of hydrogen-bond donors (Lipinski definition) is 3. The highest BCUT2D eigenvalue weighted by Gasteiger charge is 2.20. The lowest BCUT2D eigenvalue weighted by Crippen LogP contribution is -2.31. The maximum absolute atomic E-state index is 10.8. The quantitative estimate of drug-likeness (QED) is 0.701. The molecule has 3 N–H and O–H groups in total. The number of aliphatic carboxylic acids is 2. The minimum atomic E-state index is -1.18. The molecule has 16 heavy (non-hydrogen) atoms. The van der Waals surface area contributed by atoms with Crippen molar-refractivity contribution in [1.29, 1.82) is 0 Å². The van der Waals surface area contributed by atoms with E-state index in [1.165, 1.54) is 0 Å². The summed E-state index contributed by atoms with van der Waals surface area (Å²) < 4.78 is 0.